The largest absolute Gasteiger partial charge is 0.475 e. The number of aromatic carboxylic acids is 1. The molecule has 2 N–H and O–H groups in total. The molecule has 0 saturated heterocycles. The maximum absolute atomic E-state index is 10.7. The summed E-state index contributed by atoms with van der Waals surface area (Å²) in [4.78, 5) is 10.7. The van der Waals surface area contributed by atoms with Gasteiger partial charge in [-0.15, -0.1) is 0 Å². The van der Waals surface area contributed by atoms with Crippen LogP contribution in [0.2, 0.25) is 0 Å². The Balaban J connectivity index is 2.49. The lowest BCUT2D eigenvalue weighted by atomic mass is 10.2. The van der Waals surface area contributed by atoms with Gasteiger partial charge in [0.25, 0.3) is 0 Å². The van der Waals surface area contributed by atoms with Gasteiger partial charge in [-0.3, -0.25) is 0 Å². The van der Waals surface area contributed by atoms with Gasteiger partial charge in [-0.05, 0) is 19.2 Å². The fraction of sp³-hybridized carbons (Fsp3) is 0.545. The van der Waals surface area contributed by atoms with Gasteiger partial charge in [0.1, 0.15) is 5.76 Å². The Bertz CT molecular complexity index is 362. The van der Waals surface area contributed by atoms with Gasteiger partial charge >= 0.3 is 5.97 Å². The van der Waals surface area contributed by atoms with Crippen molar-refractivity contribution >= 4 is 17.7 Å². The Kier molecular flexibility index (Phi) is 4.89. The Morgan fingerprint density at radius 1 is 1.69 bits per heavy atom. The molecular weight excluding hydrogens is 226 g/mol. The minimum Gasteiger partial charge on any atom is -0.475 e. The van der Waals surface area contributed by atoms with E-state index >= 15 is 0 Å². The molecule has 0 amide bonds. The van der Waals surface area contributed by atoms with Gasteiger partial charge in [0, 0.05) is 17.4 Å². The summed E-state index contributed by atoms with van der Waals surface area (Å²) in [6, 6.07) is 1.76. The number of carbonyl (C=O) groups is 1. The highest BCUT2D eigenvalue weighted by atomic mass is 32.2. The minimum absolute atomic E-state index is 0.0368. The maximum atomic E-state index is 10.7. The molecule has 0 bridgehead atoms. The van der Waals surface area contributed by atoms with E-state index in [1.54, 1.807) is 24.8 Å². The highest BCUT2D eigenvalue weighted by Gasteiger charge is 2.13. The number of carboxylic acids is 1. The quantitative estimate of drug-likeness (QED) is 0.801. The Hall–Kier alpha value is -0.940. The van der Waals surface area contributed by atoms with Crippen LogP contribution >= 0.6 is 11.8 Å². The number of hydrogen-bond donors (Lipinski definition) is 2. The molecule has 1 atom stereocenters. The van der Waals surface area contributed by atoms with Crippen molar-refractivity contribution in [1.29, 1.82) is 0 Å². The second kappa shape index (κ2) is 5.96. The molecule has 1 aromatic rings. The molecule has 0 saturated carbocycles. The molecule has 0 fully saturated rings. The summed E-state index contributed by atoms with van der Waals surface area (Å²) in [5.74, 6) is -0.306. The van der Waals surface area contributed by atoms with Crippen LogP contribution in [0.3, 0.4) is 0 Å². The second-order valence-corrected chi connectivity index (χ2v) is 4.98. The summed E-state index contributed by atoms with van der Waals surface area (Å²) in [7, 11) is 0. The zero-order valence-corrected chi connectivity index (χ0v) is 10.6. The zero-order valence-electron chi connectivity index (χ0n) is 9.74. The molecular formula is C11H17NO3S. The molecule has 0 aliphatic rings. The molecule has 1 unspecified atom stereocenters. The van der Waals surface area contributed by atoms with Crippen molar-refractivity contribution in [2.75, 3.05) is 12.8 Å². The number of thioether (sulfide) groups is 1. The summed E-state index contributed by atoms with van der Waals surface area (Å²) in [6.45, 7) is 5.32. The van der Waals surface area contributed by atoms with E-state index in [2.05, 4.69) is 18.5 Å². The van der Waals surface area contributed by atoms with Gasteiger partial charge < -0.3 is 14.8 Å². The summed E-state index contributed by atoms with van der Waals surface area (Å²) >= 11 is 1.79. The van der Waals surface area contributed by atoms with E-state index in [0.717, 1.165) is 6.54 Å². The van der Waals surface area contributed by atoms with Crippen molar-refractivity contribution in [3.8, 4) is 0 Å². The van der Waals surface area contributed by atoms with Crippen LogP contribution in [-0.2, 0) is 6.54 Å². The molecule has 90 valence electrons. The lowest BCUT2D eigenvalue weighted by Gasteiger charge is -2.07. The Morgan fingerprint density at radius 3 is 2.88 bits per heavy atom. The van der Waals surface area contributed by atoms with E-state index in [0.29, 0.717) is 23.1 Å². The average molecular weight is 243 g/mol. The first-order valence-electron chi connectivity index (χ1n) is 5.10. The fourth-order valence-corrected chi connectivity index (χ4v) is 1.61. The van der Waals surface area contributed by atoms with Gasteiger partial charge in [-0.2, -0.15) is 11.8 Å². The Morgan fingerprint density at radius 2 is 2.38 bits per heavy atom. The molecule has 0 spiro atoms. The van der Waals surface area contributed by atoms with Crippen LogP contribution in [0.5, 0.6) is 0 Å². The highest BCUT2D eigenvalue weighted by molar-refractivity contribution is 7.99. The van der Waals surface area contributed by atoms with E-state index in [4.69, 9.17) is 9.52 Å². The van der Waals surface area contributed by atoms with E-state index in [1.807, 2.05) is 0 Å². The van der Waals surface area contributed by atoms with E-state index in [1.165, 1.54) is 0 Å². The van der Waals surface area contributed by atoms with Crippen LogP contribution in [0.25, 0.3) is 0 Å². The average Bonchev–Trinajstić information content (AvgIpc) is 2.59. The smallest absolute Gasteiger partial charge is 0.372 e. The van der Waals surface area contributed by atoms with Crippen molar-refractivity contribution in [1.82, 2.24) is 5.32 Å². The fourth-order valence-electron chi connectivity index (χ4n) is 1.33. The standard InChI is InChI=1S/C11H17NO3S/c1-7-4-9(15-10(7)11(13)14)6-12-5-8(2)16-3/h4,8,12H,5-6H2,1-3H3,(H,13,14). The number of carboxylic acid groups (broad SMARTS) is 1. The maximum Gasteiger partial charge on any atom is 0.372 e. The number of aryl methyl sites for hydroxylation is 1. The third-order valence-corrected chi connectivity index (χ3v) is 3.27. The lowest BCUT2D eigenvalue weighted by Crippen LogP contribution is -2.21. The van der Waals surface area contributed by atoms with Gasteiger partial charge in [0.15, 0.2) is 0 Å². The van der Waals surface area contributed by atoms with Crippen LogP contribution in [0.4, 0.5) is 0 Å². The van der Waals surface area contributed by atoms with Crippen molar-refractivity contribution in [2.45, 2.75) is 25.6 Å². The van der Waals surface area contributed by atoms with Crippen molar-refractivity contribution in [2.24, 2.45) is 0 Å². The third kappa shape index (κ3) is 3.57. The van der Waals surface area contributed by atoms with E-state index < -0.39 is 5.97 Å². The first-order valence-corrected chi connectivity index (χ1v) is 6.39. The van der Waals surface area contributed by atoms with E-state index in [9.17, 15) is 4.79 Å². The first-order chi connectivity index (χ1) is 7.54. The summed E-state index contributed by atoms with van der Waals surface area (Å²) in [5.41, 5.74) is 0.669. The van der Waals surface area contributed by atoms with Crippen LogP contribution in [-0.4, -0.2) is 29.1 Å². The highest BCUT2D eigenvalue weighted by Crippen LogP contribution is 2.14. The molecule has 1 rings (SSSR count). The van der Waals surface area contributed by atoms with Gasteiger partial charge in [0.2, 0.25) is 5.76 Å². The second-order valence-electron chi connectivity index (χ2n) is 3.71. The number of nitrogens with one attached hydrogen (secondary N) is 1. The predicted octanol–water partition coefficient (Wildman–Crippen LogP) is 2.13. The van der Waals surface area contributed by atoms with Crippen LogP contribution < -0.4 is 5.32 Å². The topological polar surface area (TPSA) is 62.5 Å². The van der Waals surface area contributed by atoms with Crippen LogP contribution in [0.1, 0.15) is 28.8 Å². The zero-order chi connectivity index (χ0) is 12.1. The summed E-state index contributed by atoms with van der Waals surface area (Å²) < 4.78 is 5.22. The SMILES string of the molecule is CSC(C)CNCc1cc(C)c(C(=O)O)o1. The summed E-state index contributed by atoms with van der Waals surface area (Å²) in [6.07, 6.45) is 2.06. The summed E-state index contributed by atoms with van der Waals surface area (Å²) in [5, 5.41) is 12.6. The van der Waals surface area contributed by atoms with Crippen molar-refractivity contribution in [3.63, 3.8) is 0 Å². The molecule has 5 heteroatoms. The number of furan rings is 1. The molecule has 0 aromatic carbocycles. The monoisotopic (exact) mass is 243 g/mol. The third-order valence-electron chi connectivity index (χ3n) is 2.30. The molecule has 1 heterocycles. The Labute approximate surface area is 99.4 Å². The lowest BCUT2D eigenvalue weighted by molar-refractivity contribution is 0.0659. The predicted molar refractivity (Wildman–Crippen MR) is 65.1 cm³/mol. The first kappa shape index (κ1) is 13.1. The number of rotatable bonds is 6. The minimum atomic E-state index is -1.01. The van der Waals surface area contributed by atoms with Crippen molar-refractivity contribution < 1.29 is 14.3 Å². The molecule has 0 radical (unpaired) electrons. The van der Waals surface area contributed by atoms with Crippen LogP contribution in [0, 0.1) is 6.92 Å². The molecule has 16 heavy (non-hydrogen) atoms. The number of hydrogen-bond acceptors (Lipinski definition) is 4. The molecule has 1 aromatic heterocycles. The van der Waals surface area contributed by atoms with E-state index in [-0.39, 0.29) is 5.76 Å². The normalized spacial score (nSPS) is 12.7. The van der Waals surface area contributed by atoms with Gasteiger partial charge in [0.05, 0.1) is 6.54 Å². The molecule has 4 nitrogen and oxygen atoms in total. The van der Waals surface area contributed by atoms with Crippen LogP contribution in [0.15, 0.2) is 10.5 Å². The van der Waals surface area contributed by atoms with Gasteiger partial charge in [-0.1, -0.05) is 6.92 Å². The van der Waals surface area contributed by atoms with Crippen molar-refractivity contribution in [3.05, 3.63) is 23.2 Å². The molecule has 0 aliphatic heterocycles. The molecule has 0 aliphatic carbocycles. The van der Waals surface area contributed by atoms with Gasteiger partial charge in [-0.25, -0.2) is 4.79 Å².